The summed E-state index contributed by atoms with van der Waals surface area (Å²) in [6.07, 6.45) is 4.31. The molecule has 0 aliphatic carbocycles. The number of aryl methyl sites for hydroxylation is 1. The molecule has 2 aliphatic rings. The van der Waals surface area contributed by atoms with Gasteiger partial charge in [0.15, 0.2) is 0 Å². The molecule has 3 heterocycles. The van der Waals surface area contributed by atoms with Gasteiger partial charge in [0.05, 0.1) is 5.56 Å². The second-order valence-electron chi connectivity index (χ2n) is 8.66. The summed E-state index contributed by atoms with van der Waals surface area (Å²) in [7, 11) is 0. The molecule has 1 aromatic heterocycles. The van der Waals surface area contributed by atoms with Crippen LogP contribution in [0, 0.1) is 12.7 Å². The Bertz CT molecular complexity index is 871. The fourth-order valence-corrected chi connectivity index (χ4v) is 4.71. The Morgan fingerprint density at radius 1 is 1.20 bits per heavy atom. The lowest BCUT2D eigenvalue weighted by atomic mass is 10.0. The molecule has 30 heavy (non-hydrogen) atoms. The van der Waals surface area contributed by atoms with Gasteiger partial charge in [-0.25, -0.2) is 4.39 Å². The monoisotopic (exact) mass is 413 g/mol. The van der Waals surface area contributed by atoms with Crippen LogP contribution in [0.1, 0.15) is 59.2 Å². The Morgan fingerprint density at radius 3 is 2.67 bits per heavy atom. The molecule has 1 N–H and O–H groups in total. The summed E-state index contributed by atoms with van der Waals surface area (Å²) in [5.41, 5.74) is 2.77. The van der Waals surface area contributed by atoms with Crippen LogP contribution in [-0.4, -0.2) is 47.9 Å². The maximum Gasteiger partial charge on any atom is 0.255 e. The number of hydrogen-bond donors (Lipinski definition) is 1. The molecule has 1 unspecified atom stereocenters. The molecule has 2 aliphatic heterocycles. The van der Waals surface area contributed by atoms with Crippen LogP contribution in [0.3, 0.4) is 0 Å². The first-order valence-electron chi connectivity index (χ1n) is 11.1. The highest BCUT2D eigenvalue weighted by atomic mass is 19.1. The predicted molar refractivity (Wildman–Crippen MR) is 115 cm³/mol. The quantitative estimate of drug-likeness (QED) is 0.748. The van der Waals surface area contributed by atoms with Crippen LogP contribution >= 0.6 is 0 Å². The third kappa shape index (κ3) is 4.76. The second-order valence-corrected chi connectivity index (χ2v) is 8.66. The standard InChI is InChI=1S/C24H32FN3O2/c1-17(28-12-3-4-13-28)9-11-26-24(29)23-18(2)30-22-10-14-27(16-21(22)23)15-19-5-7-20(25)8-6-19/h5-8,17H,3-4,9-16H2,1-2H3,(H,26,29). The molecule has 5 nitrogen and oxygen atoms in total. The number of amides is 1. The van der Waals surface area contributed by atoms with Crippen molar-refractivity contribution in [1.29, 1.82) is 0 Å². The van der Waals surface area contributed by atoms with Gasteiger partial charge in [0.25, 0.3) is 5.91 Å². The highest BCUT2D eigenvalue weighted by Crippen LogP contribution is 2.29. The molecule has 162 valence electrons. The molecule has 2 aromatic rings. The van der Waals surface area contributed by atoms with Crippen LogP contribution in [-0.2, 0) is 19.5 Å². The fourth-order valence-electron chi connectivity index (χ4n) is 4.71. The molecule has 1 amide bonds. The SMILES string of the molecule is Cc1oc2c(c1C(=O)NCCC(C)N1CCCC1)CN(Cc1ccc(F)cc1)CC2. The van der Waals surface area contributed by atoms with Crippen molar-refractivity contribution < 1.29 is 13.6 Å². The van der Waals surface area contributed by atoms with Crippen molar-refractivity contribution in [3.05, 3.63) is 58.3 Å². The van der Waals surface area contributed by atoms with Crippen molar-refractivity contribution in [2.45, 2.75) is 58.7 Å². The predicted octanol–water partition coefficient (Wildman–Crippen LogP) is 3.89. The van der Waals surface area contributed by atoms with Gasteiger partial charge in [-0.05, 0) is 63.9 Å². The number of benzene rings is 1. The van der Waals surface area contributed by atoms with E-state index in [1.807, 2.05) is 19.1 Å². The minimum absolute atomic E-state index is 0.0326. The zero-order chi connectivity index (χ0) is 21.1. The molecule has 1 atom stereocenters. The first-order valence-corrected chi connectivity index (χ1v) is 11.1. The van der Waals surface area contributed by atoms with Crippen LogP contribution in [0.2, 0.25) is 0 Å². The third-order valence-corrected chi connectivity index (χ3v) is 6.46. The van der Waals surface area contributed by atoms with Crippen LogP contribution in [0.4, 0.5) is 4.39 Å². The Morgan fingerprint density at radius 2 is 1.93 bits per heavy atom. The van der Waals surface area contributed by atoms with Crippen molar-refractivity contribution in [2.75, 3.05) is 26.2 Å². The topological polar surface area (TPSA) is 48.7 Å². The summed E-state index contributed by atoms with van der Waals surface area (Å²) in [5.74, 6) is 1.38. The number of carbonyl (C=O) groups is 1. The number of furan rings is 1. The average molecular weight is 414 g/mol. The Labute approximate surface area is 178 Å². The summed E-state index contributed by atoms with van der Waals surface area (Å²) in [4.78, 5) is 17.8. The Hall–Kier alpha value is -2.18. The van der Waals surface area contributed by atoms with Crippen LogP contribution in [0.5, 0.6) is 0 Å². The average Bonchev–Trinajstić information content (AvgIpc) is 3.37. The maximum absolute atomic E-state index is 13.2. The molecule has 0 saturated carbocycles. The smallest absolute Gasteiger partial charge is 0.255 e. The lowest BCUT2D eigenvalue weighted by molar-refractivity contribution is 0.0946. The van der Waals surface area contributed by atoms with Gasteiger partial charge in [0, 0.05) is 44.2 Å². The van der Waals surface area contributed by atoms with E-state index in [4.69, 9.17) is 4.42 Å². The van der Waals surface area contributed by atoms with E-state index in [-0.39, 0.29) is 11.7 Å². The molecule has 4 rings (SSSR count). The normalized spacial score (nSPS) is 18.4. The second kappa shape index (κ2) is 9.31. The number of nitrogens with one attached hydrogen (secondary N) is 1. The molecular weight excluding hydrogens is 381 g/mol. The van der Waals surface area contributed by atoms with Crippen LogP contribution in [0.25, 0.3) is 0 Å². The zero-order valence-electron chi connectivity index (χ0n) is 18.0. The minimum atomic E-state index is -0.219. The Balaban J connectivity index is 1.37. The molecule has 1 saturated heterocycles. The molecular formula is C24H32FN3O2. The first-order chi connectivity index (χ1) is 14.5. The van der Waals surface area contributed by atoms with E-state index in [2.05, 4.69) is 22.0 Å². The summed E-state index contributed by atoms with van der Waals surface area (Å²) in [6, 6.07) is 7.13. The van der Waals surface area contributed by atoms with Gasteiger partial charge in [-0.15, -0.1) is 0 Å². The van der Waals surface area contributed by atoms with Crippen LogP contribution in [0.15, 0.2) is 28.7 Å². The van der Waals surface area contributed by atoms with Gasteiger partial charge in [-0.1, -0.05) is 12.1 Å². The van der Waals surface area contributed by atoms with E-state index < -0.39 is 0 Å². The molecule has 0 spiro atoms. The third-order valence-electron chi connectivity index (χ3n) is 6.46. The molecule has 0 bridgehead atoms. The van der Waals surface area contributed by atoms with Gasteiger partial charge < -0.3 is 14.6 Å². The van der Waals surface area contributed by atoms with E-state index in [1.165, 1.54) is 38.1 Å². The van der Waals surface area contributed by atoms with E-state index in [9.17, 15) is 9.18 Å². The first kappa shape index (κ1) is 21.1. The molecule has 1 fully saturated rings. The van der Waals surface area contributed by atoms with E-state index >= 15 is 0 Å². The fraction of sp³-hybridized carbons (Fsp3) is 0.542. The summed E-state index contributed by atoms with van der Waals surface area (Å²) < 4.78 is 19.1. The van der Waals surface area contributed by atoms with Gasteiger partial charge in [0.2, 0.25) is 0 Å². The summed E-state index contributed by atoms with van der Waals surface area (Å²) in [5, 5.41) is 3.12. The van der Waals surface area contributed by atoms with Crippen molar-refractivity contribution in [2.24, 2.45) is 0 Å². The number of rotatable bonds is 7. The number of carbonyl (C=O) groups excluding carboxylic acids is 1. The van der Waals surface area contributed by atoms with Crippen LogP contribution < -0.4 is 5.32 Å². The number of nitrogens with zero attached hydrogens (tertiary/aromatic N) is 2. The Kier molecular flexibility index (Phi) is 6.54. The number of fused-ring (bicyclic) bond motifs is 1. The maximum atomic E-state index is 13.2. The van der Waals surface area contributed by atoms with E-state index in [0.29, 0.717) is 30.5 Å². The van der Waals surface area contributed by atoms with Crippen molar-refractivity contribution in [3.8, 4) is 0 Å². The highest BCUT2D eigenvalue weighted by Gasteiger charge is 2.28. The lowest BCUT2D eigenvalue weighted by Crippen LogP contribution is -2.35. The lowest BCUT2D eigenvalue weighted by Gasteiger charge is -2.26. The van der Waals surface area contributed by atoms with E-state index in [1.54, 1.807) is 0 Å². The number of halogens is 1. The highest BCUT2D eigenvalue weighted by molar-refractivity contribution is 5.97. The number of likely N-dealkylation sites (tertiary alicyclic amines) is 1. The van der Waals surface area contributed by atoms with Gasteiger partial charge in [-0.3, -0.25) is 9.69 Å². The summed E-state index contributed by atoms with van der Waals surface area (Å²) in [6.45, 7) is 9.43. The molecule has 6 heteroatoms. The van der Waals surface area contributed by atoms with E-state index in [0.717, 1.165) is 42.8 Å². The zero-order valence-corrected chi connectivity index (χ0v) is 18.0. The van der Waals surface area contributed by atoms with Crippen molar-refractivity contribution >= 4 is 5.91 Å². The van der Waals surface area contributed by atoms with Crippen molar-refractivity contribution in [3.63, 3.8) is 0 Å². The molecule has 0 radical (unpaired) electrons. The number of hydrogen-bond acceptors (Lipinski definition) is 4. The molecule has 1 aromatic carbocycles. The minimum Gasteiger partial charge on any atom is -0.465 e. The van der Waals surface area contributed by atoms with Crippen molar-refractivity contribution in [1.82, 2.24) is 15.1 Å². The van der Waals surface area contributed by atoms with Gasteiger partial charge in [0.1, 0.15) is 17.3 Å². The van der Waals surface area contributed by atoms with Gasteiger partial charge in [-0.2, -0.15) is 0 Å². The largest absolute Gasteiger partial charge is 0.465 e. The van der Waals surface area contributed by atoms with Gasteiger partial charge >= 0.3 is 0 Å². The summed E-state index contributed by atoms with van der Waals surface area (Å²) >= 11 is 0.